The first kappa shape index (κ1) is 11.8. The monoisotopic (exact) mass is 251 g/mol. The molecule has 0 unspecified atom stereocenters. The zero-order chi connectivity index (χ0) is 13.4. The second-order valence-electron chi connectivity index (χ2n) is 5.02. The third kappa shape index (κ3) is 2.10. The third-order valence-corrected chi connectivity index (χ3v) is 3.63. The molecule has 0 bridgehead atoms. The minimum Gasteiger partial charge on any atom is -0.460 e. The van der Waals surface area contributed by atoms with E-state index in [1.54, 1.807) is 0 Å². The highest BCUT2D eigenvalue weighted by Gasteiger charge is 2.12. The van der Waals surface area contributed by atoms with Crippen molar-refractivity contribution < 1.29 is 4.42 Å². The smallest absolute Gasteiger partial charge is 0.134 e. The van der Waals surface area contributed by atoms with Crippen LogP contribution in [0.3, 0.4) is 0 Å². The van der Waals surface area contributed by atoms with E-state index in [1.165, 1.54) is 11.1 Å². The SMILES string of the molecule is Cc1cc2oc(Cc3ccccc3)c(C)c2cc1N. The van der Waals surface area contributed by atoms with Crippen LogP contribution >= 0.6 is 0 Å². The Kier molecular flexibility index (Phi) is 2.79. The van der Waals surface area contributed by atoms with Crippen molar-refractivity contribution in [3.63, 3.8) is 0 Å². The predicted molar refractivity (Wildman–Crippen MR) is 79.3 cm³/mol. The maximum absolute atomic E-state index is 5.98. The lowest BCUT2D eigenvalue weighted by atomic mass is 10.0. The Morgan fingerprint density at radius 2 is 1.79 bits per heavy atom. The highest BCUT2D eigenvalue weighted by molar-refractivity contribution is 5.86. The van der Waals surface area contributed by atoms with Gasteiger partial charge in [-0.1, -0.05) is 30.3 Å². The first-order chi connectivity index (χ1) is 9.15. The average Bonchev–Trinajstić information content (AvgIpc) is 2.69. The van der Waals surface area contributed by atoms with Gasteiger partial charge in [-0.15, -0.1) is 0 Å². The molecular formula is C17H17NO. The van der Waals surface area contributed by atoms with Crippen molar-refractivity contribution in [2.45, 2.75) is 20.3 Å². The van der Waals surface area contributed by atoms with Crippen LogP contribution in [0.25, 0.3) is 11.0 Å². The molecule has 0 aliphatic heterocycles. The average molecular weight is 251 g/mol. The van der Waals surface area contributed by atoms with Gasteiger partial charge in [0.25, 0.3) is 0 Å². The Balaban J connectivity index is 2.08. The molecule has 1 heterocycles. The van der Waals surface area contributed by atoms with Gasteiger partial charge in [0.15, 0.2) is 0 Å². The summed E-state index contributed by atoms with van der Waals surface area (Å²) in [6, 6.07) is 14.4. The largest absolute Gasteiger partial charge is 0.460 e. The zero-order valence-electron chi connectivity index (χ0n) is 11.2. The Labute approximate surface area is 112 Å². The second kappa shape index (κ2) is 4.47. The fourth-order valence-corrected chi connectivity index (χ4v) is 2.39. The van der Waals surface area contributed by atoms with Crippen molar-refractivity contribution in [2.75, 3.05) is 5.73 Å². The van der Waals surface area contributed by atoms with Crippen molar-refractivity contribution in [3.05, 3.63) is 64.9 Å². The molecule has 3 rings (SSSR count). The van der Waals surface area contributed by atoms with Gasteiger partial charge in [0.2, 0.25) is 0 Å². The molecule has 1 aromatic heterocycles. The number of nitrogen functional groups attached to an aromatic ring is 1. The van der Waals surface area contributed by atoms with E-state index in [4.69, 9.17) is 10.2 Å². The summed E-state index contributed by atoms with van der Waals surface area (Å²) in [6.45, 7) is 4.10. The highest BCUT2D eigenvalue weighted by Crippen LogP contribution is 2.30. The summed E-state index contributed by atoms with van der Waals surface area (Å²) in [5.41, 5.74) is 11.2. The number of rotatable bonds is 2. The van der Waals surface area contributed by atoms with Gasteiger partial charge >= 0.3 is 0 Å². The van der Waals surface area contributed by atoms with Crippen molar-refractivity contribution >= 4 is 16.7 Å². The number of benzene rings is 2. The van der Waals surface area contributed by atoms with Crippen molar-refractivity contribution in [2.24, 2.45) is 0 Å². The molecule has 0 aliphatic carbocycles. The van der Waals surface area contributed by atoms with Crippen LogP contribution in [-0.2, 0) is 6.42 Å². The highest BCUT2D eigenvalue weighted by atomic mass is 16.3. The molecular weight excluding hydrogens is 234 g/mol. The number of fused-ring (bicyclic) bond motifs is 1. The first-order valence-corrected chi connectivity index (χ1v) is 6.47. The third-order valence-electron chi connectivity index (χ3n) is 3.63. The molecule has 0 amide bonds. The Morgan fingerprint density at radius 1 is 1.05 bits per heavy atom. The molecule has 96 valence electrons. The van der Waals surface area contributed by atoms with E-state index in [1.807, 2.05) is 25.1 Å². The molecule has 2 heteroatoms. The molecule has 0 radical (unpaired) electrons. The van der Waals surface area contributed by atoms with Crippen molar-refractivity contribution in [1.29, 1.82) is 0 Å². The number of aryl methyl sites for hydroxylation is 2. The van der Waals surface area contributed by atoms with Crippen molar-refractivity contribution in [1.82, 2.24) is 0 Å². The maximum Gasteiger partial charge on any atom is 0.134 e. The number of hydrogen-bond donors (Lipinski definition) is 1. The van der Waals surface area contributed by atoms with Gasteiger partial charge in [-0.25, -0.2) is 0 Å². The summed E-state index contributed by atoms with van der Waals surface area (Å²) in [7, 11) is 0. The number of anilines is 1. The van der Waals surface area contributed by atoms with Gasteiger partial charge in [0.1, 0.15) is 11.3 Å². The minimum atomic E-state index is 0.820. The van der Waals surface area contributed by atoms with E-state index in [9.17, 15) is 0 Å². The number of hydrogen-bond acceptors (Lipinski definition) is 2. The number of furan rings is 1. The lowest BCUT2D eigenvalue weighted by Crippen LogP contribution is -1.89. The fraction of sp³-hybridized carbons (Fsp3) is 0.176. The summed E-state index contributed by atoms with van der Waals surface area (Å²) in [5.74, 6) is 1.02. The lowest BCUT2D eigenvalue weighted by molar-refractivity contribution is 0.559. The lowest BCUT2D eigenvalue weighted by Gasteiger charge is -1.99. The summed E-state index contributed by atoms with van der Waals surface area (Å²) in [6.07, 6.45) is 0.820. The van der Waals surface area contributed by atoms with Crippen LogP contribution in [0.4, 0.5) is 5.69 Å². The van der Waals surface area contributed by atoms with E-state index in [-0.39, 0.29) is 0 Å². The quantitative estimate of drug-likeness (QED) is 0.692. The topological polar surface area (TPSA) is 39.2 Å². The Bertz CT molecular complexity index is 726. The predicted octanol–water partition coefficient (Wildman–Crippen LogP) is 4.22. The molecule has 2 N–H and O–H groups in total. The van der Waals surface area contributed by atoms with E-state index < -0.39 is 0 Å². The Hall–Kier alpha value is -2.22. The van der Waals surface area contributed by atoms with Crippen LogP contribution in [0.2, 0.25) is 0 Å². The van der Waals surface area contributed by atoms with Crippen molar-refractivity contribution in [3.8, 4) is 0 Å². The van der Waals surface area contributed by atoms with E-state index in [0.717, 1.165) is 34.4 Å². The van der Waals surface area contributed by atoms with Crippen LogP contribution in [0.15, 0.2) is 46.9 Å². The van der Waals surface area contributed by atoms with E-state index >= 15 is 0 Å². The van der Waals surface area contributed by atoms with Gasteiger partial charge < -0.3 is 10.2 Å². The standard InChI is InChI=1S/C17H17NO/c1-11-8-17-14(10-15(11)18)12(2)16(19-17)9-13-6-4-3-5-7-13/h3-8,10H,9,18H2,1-2H3. The number of nitrogens with two attached hydrogens (primary N) is 1. The summed E-state index contributed by atoms with van der Waals surface area (Å²) < 4.78 is 5.98. The van der Waals surface area contributed by atoms with Gasteiger partial charge in [0.05, 0.1) is 0 Å². The molecule has 0 spiro atoms. The molecule has 2 nitrogen and oxygen atoms in total. The zero-order valence-corrected chi connectivity index (χ0v) is 11.2. The normalized spacial score (nSPS) is 11.1. The molecule has 0 atom stereocenters. The van der Waals surface area contributed by atoms with Crippen LogP contribution in [-0.4, -0.2) is 0 Å². The van der Waals surface area contributed by atoms with Crippen LogP contribution < -0.4 is 5.73 Å². The molecule has 3 aromatic rings. The molecule has 2 aromatic carbocycles. The van der Waals surface area contributed by atoms with Crippen LogP contribution in [0, 0.1) is 13.8 Å². The van der Waals surface area contributed by atoms with Crippen LogP contribution in [0.5, 0.6) is 0 Å². The molecule has 19 heavy (non-hydrogen) atoms. The molecule has 0 aliphatic rings. The van der Waals surface area contributed by atoms with Gasteiger partial charge in [0, 0.05) is 17.5 Å². The fourth-order valence-electron chi connectivity index (χ4n) is 2.39. The van der Waals surface area contributed by atoms with Gasteiger partial charge in [-0.3, -0.25) is 0 Å². The summed E-state index contributed by atoms with van der Waals surface area (Å²) in [5, 5.41) is 1.12. The maximum atomic E-state index is 5.98. The van der Waals surface area contributed by atoms with E-state index in [2.05, 4.69) is 31.2 Å². The van der Waals surface area contributed by atoms with Gasteiger partial charge in [-0.05, 0) is 42.7 Å². The molecule has 0 fully saturated rings. The Morgan fingerprint density at radius 3 is 2.53 bits per heavy atom. The summed E-state index contributed by atoms with van der Waals surface area (Å²) in [4.78, 5) is 0. The van der Waals surface area contributed by atoms with E-state index in [0.29, 0.717) is 0 Å². The van der Waals surface area contributed by atoms with Crippen LogP contribution in [0.1, 0.15) is 22.5 Å². The van der Waals surface area contributed by atoms with Gasteiger partial charge in [-0.2, -0.15) is 0 Å². The summed E-state index contributed by atoms with van der Waals surface area (Å²) >= 11 is 0. The second-order valence-corrected chi connectivity index (χ2v) is 5.02. The molecule has 0 saturated carbocycles. The molecule has 0 saturated heterocycles. The first-order valence-electron chi connectivity index (χ1n) is 6.47. The minimum absolute atomic E-state index is 0.820.